The number of carbonyl (C=O) groups excluding carboxylic acids is 1. The summed E-state index contributed by atoms with van der Waals surface area (Å²) in [5.41, 5.74) is 6.92. The molecule has 10 heteroatoms. The van der Waals surface area contributed by atoms with Crippen LogP contribution in [0.15, 0.2) is 115 Å². The molecule has 9 nitrogen and oxygen atoms in total. The lowest BCUT2D eigenvalue weighted by Gasteiger charge is -2.41. The highest BCUT2D eigenvalue weighted by atomic mass is 32.2. The van der Waals surface area contributed by atoms with Crippen LogP contribution in [0.5, 0.6) is 0 Å². The van der Waals surface area contributed by atoms with E-state index in [1.807, 2.05) is 90.5 Å². The van der Waals surface area contributed by atoms with Crippen LogP contribution in [-0.4, -0.2) is 37.8 Å². The zero-order chi connectivity index (χ0) is 32.6. The van der Waals surface area contributed by atoms with Gasteiger partial charge in [0.25, 0.3) is 0 Å². The van der Waals surface area contributed by atoms with Crippen molar-refractivity contribution in [3.05, 3.63) is 137 Å². The van der Waals surface area contributed by atoms with E-state index in [4.69, 9.17) is 9.47 Å². The summed E-state index contributed by atoms with van der Waals surface area (Å²) >= 11 is 1.62. The predicted molar refractivity (Wildman–Crippen MR) is 182 cm³/mol. The minimum absolute atomic E-state index is 0.00440. The average Bonchev–Trinajstić information content (AvgIpc) is 3.54. The van der Waals surface area contributed by atoms with Crippen LogP contribution in [0.3, 0.4) is 0 Å². The molecule has 1 aliphatic rings. The number of benzene rings is 4. The fraction of sp³-hybridized carbons (Fsp3) is 0.270. The van der Waals surface area contributed by atoms with E-state index in [0.29, 0.717) is 18.8 Å². The predicted octanol–water partition coefficient (Wildman–Crippen LogP) is 6.56. The number of aromatic nitrogens is 3. The summed E-state index contributed by atoms with van der Waals surface area (Å²) in [6, 6.07) is 33.9. The van der Waals surface area contributed by atoms with E-state index in [9.17, 15) is 9.90 Å². The molecule has 47 heavy (non-hydrogen) atoms. The number of carbonyl (C=O) groups is 1. The number of aliphatic hydroxyl groups is 1. The van der Waals surface area contributed by atoms with Crippen molar-refractivity contribution in [3.63, 3.8) is 0 Å². The summed E-state index contributed by atoms with van der Waals surface area (Å²) < 4.78 is 15.3. The summed E-state index contributed by atoms with van der Waals surface area (Å²) in [6.07, 6.45) is 0.779. The number of hydrogen-bond acceptors (Lipinski definition) is 7. The van der Waals surface area contributed by atoms with Crippen molar-refractivity contribution >= 4 is 17.8 Å². The Labute approximate surface area is 279 Å². The highest BCUT2D eigenvalue weighted by Crippen LogP contribution is 2.43. The monoisotopic (exact) mass is 649 g/mol. The maximum absolute atomic E-state index is 12.4. The molecule has 0 aliphatic carbocycles. The number of urea groups is 1. The molecule has 4 atom stereocenters. The summed E-state index contributed by atoms with van der Waals surface area (Å²) in [7, 11) is 1.93. The number of amides is 2. The molecule has 4 aromatic carbocycles. The Morgan fingerprint density at radius 2 is 1.53 bits per heavy atom. The Balaban J connectivity index is 1.17. The number of hydrogen-bond donors (Lipinski definition) is 3. The molecule has 1 saturated heterocycles. The fourth-order valence-electron chi connectivity index (χ4n) is 5.62. The Hall–Kier alpha value is -4.48. The zero-order valence-corrected chi connectivity index (χ0v) is 27.3. The number of thioether (sulfide) groups is 1. The Kier molecular flexibility index (Phi) is 10.6. The standard InChI is InChI=1S/C37H39N5O4S/c1-25-33(23-47-37-41-40-24-42(37)2)45-35(46-34(25)29-16-14-27(22-43)15-17-29)32-13-7-12-31(19-32)30-11-6-10-28(18-30)21-39-36(44)38-20-26-8-4-3-5-9-26/h3-19,24-25,33-35,43H,20-23H2,1-2H3,(H2,38,39,44)/t25-,33+,34+,35+/m1/s1. The third-order valence-corrected chi connectivity index (χ3v) is 9.46. The first-order valence-electron chi connectivity index (χ1n) is 15.7. The van der Waals surface area contributed by atoms with Gasteiger partial charge < -0.3 is 29.8 Å². The molecule has 3 N–H and O–H groups in total. The van der Waals surface area contributed by atoms with Gasteiger partial charge in [-0.3, -0.25) is 0 Å². The summed E-state index contributed by atoms with van der Waals surface area (Å²) in [5.74, 6) is 0.746. The van der Waals surface area contributed by atoms with Gasteiger partial charge in [0.15, 0.2) is 11.4 Å². The SMILES string of the molecule is C[C@@H]1[C@H](CSc2nncn2C)O[C@H](c2cccc(-c3cccc(CNC(=O)NCc4ccccc4)c3)c2)O[C@@H]1c1ccc(CO)cc1. The molecule has 242 valence electrons. The van der Waals surface area contributed by atoms with Gasteiger partial charge in [-0.1, -0.05) is 110 Å². The van der Waals surface area contributed by atoms with Gasteiger partial charge in [0.2, 0.25) is 0 Å². The maximum atomic E-state index is 12.4. The number of nitrogens with zero attached hydrogens (tertiary/aromatic N) is 3. The van der Waals surface area contributed by atoms with Gasteiger partial charge >= 0.3 is 6.03 Å². The molecule has 1 aromatic heterocycles. The molecule has 2 heterocycles. The van der Waals surface area contributed by atoms with Crippen molar-refractivity contribution in [2.45, 2.75) is 50.3 Å². The van der Waals surface area contributed by atoms with E-state index >= 15 is 0 Å². The first kappa shape index (κ1) is 32.5. The van der Waals surface area contributed by atoms with Gasteiger partial charge in [-0.05, 0) is 45.5 Å². The molecular weight excluding hydrogens is 611 g/mol. The van der Waals surface area contributed by atoms with Crippen LogP contribution in [0.1, 0.15) is 47.1 Å². The minimum Gasteiger partial charge on any atom is -0.392 e. The normalized spacial score (nSPS) is 19.3. The lowest BCUT2D eigenvalue weighted by atomic mass is 9.91. The van der Waals surface area contributed by atoms with E-state index in [1.165, 1.54) is 0 Å². The molecule has 2 amide bonds. The lowest BCUT2D eigenvalue weighted by Crippen LogP contribution is -2.38. The van der Waals surface area contributed by atoms with Crippen LogP contribution >= 0.6 is 11.8 Å². The van der Waals surface area contributed by atoms with Crippen LogP contribution in [0.25, 0.3) is 11.1 Å². The van der Waals surface area contributed by atoms with Gasteiger partial charge in [0, 0.05) is 37.4 Å². The van der Waals surface area contributed by atoms with Crippen molar-refractivity contribution in [2.75, 3.05) is 5.75 Å². The molecule has 0 bridgehead atoms. The molecule has 0 unspecified atom stereocenters. The number of nitrogens with one attached hydrogen (secondary N) is 2. The third-order valence-electron chi connectivity index (χ3n) is 8.34. The Morgan fingerprint density at radius 3 is 2.26 bits per heavy atom. The number of rotatable bonds is 11. The third kappa shape index (κ3) is 8.28. The molecule has 6 rings (SSSR count). The Bertz CT molecular complexity index is 1760. The largest absolute Gasteiger partial charge is 0.392 e. The van der Waals surface area contributed by atoms with Crippen molar-refractivity contribution in [1.82, 2.24) is 25.4 Å². The van der Waals surface area contributed by atoms with E-state index < -0.39 is 6.29 Å². The molecule has 1 aliphatic heterocycles. The molecule has 0 radical (unpaired) electrons. The van der Waals surface area contributed by atoms with E-state index in [-0.39, 0.29) is 30.8 Å². The molecule has 1 fully saturated rings. The van der Waals surface area contributed by atoms with Crippen molar-refractivity contribution in [3.8, 4) is 11.1 Å². The second-order valence-corrected chi connectivity index (χ2v) is 12.7. The number of aliphatic hydroxyl groups excluding tert-OH is 1. The number of ether oxygens (including phenoxy) is 2. The second-order valence-electron chi connectivity index (χ2n) is 11.7. The van der Waals surface area contributed by atoms with Gasteiger partial charge in [0.1, 0.15) is 6.33 Å². The summed E-state index contributed by atoms with van der Waals surface area (Å²) in [6.45, 7) is 3.02. The second kappa shape index (κ2) is 15.4. The van der Waals surface area contributed by atoms with E-state index in [2.05, 4.69) is 52.0 Å². The van der Waals surface area contributed by atoms with Crippen LogP contribution in [0, 0.1) is 5.92 Å². The first-order chi connectivity index (χ1) is 23.0. The van der Waals surface area contributed by atoms with Crippen molar-refractivity contribution in [1.29, 1.82) is 0 Å². The molecule has 0 spiro atoms. The quantitative estimate of drug-likeness (QED) is 0.139. The van der Waals surface area contributed by atoms with Crippen LogP contribution in [0.2, 0.25) is 0 Å². The van der Waals surface area contributed by atoms with Crippen molar-refractivity contribution in [2.24, 2.45) is 13.0 Å². The summed E-state index contributed by atoms with van der Waals surface area (Å²) in [5, 5.41) is 24.5. The van der Waals surface area contributed by atoms with Gasteiger partial charge in [0.05, 0.1) is 18.8 Å². The lowest BCUT2D eigenvalue weighted by molar-refractivity contribution is -0.268. The molecule has 0 saturated carbocycles. The van der Waals surface area contributed by atoms with Crippen LogP contribution in [-0.2, 0) is 36.2 Å². The van der Waals surface area contributed by atoms with Gasteiger partial charge in [-0.25, -0.2) is 4.79 Å². The first-order valence-corrected chi connectivity index (χ1v) is 16.7. The van der Waals surface area contributed by atoms with E-state index in [0.717, 1.165) is 44.1 Å². The maximum Gasteiger partial charge on any atom is 0.315 e. The minimum atomic E-state index is -0.586. The molecular formula is C37H39N5O4S. The highest BCUT2D eigenvalue weighted by Gasteiger charge is 2.38. The topological polar surface area (TPSA) is 111 Å². The van der Waals surface area contributed by atoms with Crippen molar-refractivity contribution < 1.29 is 19.4 Å². The number of aryl methyl sites for hydroxylation is 1. The van der Waals surface area contributed by atoms with Crippen LogP contribution < -0.4 is 10.6 Å². The zero-order valence-electron chi connectivity index (χ0n) is 26.5. The fourth-order valence-corrected chi connectivity index (χ4v) is 6.67. The van der Waals surface area contributed by atoms with E-state index in [1.54, 1.807) is 18.1 Å². The Morgan fingerprint density at radius 1 is 0.830 bits per heavy atom. The summed E-state index contributed by atoms with van der Waals surface area (Å²) in [4.78, 5) is 12.4. The molecule has 5 aromatic rings. The van der Waals surface area contributed by atoms with Crippen LogP contribution in [0.4, 0.5) is 4.79 Å². The highest BCUT2D eigenvalue weighted by molar-refractivity contribution is 7.99. The average molecular weight is 650 g/mol. The smallest absolute Gasteiger partial charge is 0.315 e. The van der Waals surface area contributed by atoms with Gasteiger partial charge in [-0.15, -0.1) is 10.2 Å². The van der Waals surface area contributed by atoms with Gasteiger partial charge in [-0.2, -0.15) is 0 Å².